The van der Waals surface area contributed by atoms with Crippen molar-refractivity contribution < 1.29 is 14.6 Å². The van der Waals surface area contributed by atoms with Crippen molar-refractivity contribution >= 4 is 5.78 Å². The Kier molecular flexibility index (Phi) is 3.47. The number of Topliss-reactive ketones (excluding diaryl/α,β-unsaturated/α-hetero) is 1. The number of aliphatic hydroxyl groups is 1. The summed E-state index contributed by atoms with van der Waals surface area (Å²) in [4.78, 5) is 11.9. The van der Waals surface area contributed by atoms with Gasteiger partial charge >= 0.3 is 0 Å². The van der Waals surface area contributed by atoms with E-state index < -0.39 is 11.4 Å². The molecule has 0 aliphatic carbocycles. The molecule has 3 heteroatoms. The highest BCUT2D eigenvalue weighted by Crippen LogP contribution is 2.46. The summed E-state index contributed by atoms with van der Waals surface area (Å²) in [6.07, 6.45) is 1.74. The van der Waals surface area contributed by atoms with Gasteiger partial charge in [0.2, 0.25) is 0 Å². The minimum absolute atomic E-state index is 0.196. The first-order chi connectivity index (χ1) is 10.5. The lowest BCUT2D eigenvalue weighted by Crippen LogP contribution is -2.36. The molecule has 2 aromatic carbocycles. The van der Waals surface area contributed by atoms with Crippen molar-refractivity contribution in [2.75, 3.05) is 0 Å². The molecule has 0 spiro atoms. The summed E-state index contributed by atoms with van der Waals surface area (Å²) >= 11 is 0. The topological polar surface area (TPSA) is 46.5 Å². The summed E-state index contributed by atoms with van der Waals surface area (Å²) in [5, 5.41) is 10.6. The van der Waals surface area contributed by atoms with Crippen molar-refractivity contribution in [1.82, 2.24) is 0 Å². The number of benzene rings is 2. The van der Waals surface area contributed by atoms with Crippen LogP contribution in [0, 0.1) is 0 Å². The number of carbonyl (C=O) groups is 1. The molecule has 0 fully saturated rings. The fourth-order valence-corrected chi connectivity index (χ4v) is 2.99. The van der Waals surface area contributed by atoms with Gasteiger partial charge < -0.3 is 9.84 Å². The van der Waals surface area contributed by atoms with Crippen LogP contribution in [-0.2, 0) is 15.1 Å². The van der Waals surface area contributed by atoms with Crippen LogP contribution in [0.15, 0.2) is 72.3 Å². The zero-order valence-electron chi connectivity index (χ0n) is 12.6. The van der Waals surface area contributed by atoms with E-state index in [4.69, 9.17) is 4.74 Å². The van der Waals surface area contributed by atoms with Gasteiger partial charge in [-0.25, -0.2) is 0 Å². The van der Waals surface area contributed by atoms with Crippen molar-refractivity contribution in [2.24, 2.45) is 0 Å². The van der Waals surface area contributed by atoms with Crippen molar-refractivity contribution in [3.8, 4) is 0 Å². The Balaban J connectivity index is 2.26. The number of rotatable bonds is 3. The van der Waals surface area contributed by atoms with E-state index in [9.17, 15) is 9.90 Å². The summed E-state index contributed by atoms with van der Waals surface area (Å²) in [5.41, 5.74) is 1.06. The monoisotopic (exact) mass is 294 g/mol. The lowest BCUT2D eigenvalue weighted by molar-refractivity contribution is -0.193. The largest absolute Gasteiger partial charge is 0.362 e. The van der Waals surface area contributed by atoms with Crippen LogP contribution >= 0.6 is 0 Å². The van der Waals surface area contributed by atoms with E-state index in [0.29, 0.717) is 0 Å². The molecule has 1 N–H and O–H groups in total. The second kappa shape index (κ2) is 5.20. The standard InChI is InChI=1S/C19H18O3/c1-14(20)17-13-19(22-18(17,2)21,15-9-5-3-6-10-15)16-11-7-4-8-12-16/h3-13,21H,1-2H3. The third kappa shape index (κ3) is 2.28. The quantitative estimate of drug-likeness (QED) is 0.945. The first-order valence-electron chi connectivity index (χ1n) is 7.23. The van der Waals surface area contributed by atoms with E-state index in [1.165, 1.54) is 13.8 Å². The first-order valence-corrected chi connectivity index (χ1v) is 7.23. The zero-order chi connectivity index (χ0) is 15.8. The van der Waals surface area contributed by atoms with Crippen LogP contribution in [0.2, 0.25) is 0 Å². The molecule has 3 rings (SSSR count). The van der Waals surface area contributed by atoms with Gasteiger partial charge in [0.1, 0.15) is 5.60 Å². The van der Waals surface area contributed by atoms with E-state index in [1.54, 1.807) is 6.08 Å². The van der Waals surface area contributed by atoms with E-state index in [2.05, 4.69) is 0 Å². The molecule has 22 heavy (non-hydrogen) atoms. The Morgan fingerprint density at radius 3 is 1.77 bits per heavy atom. The minimum atomic E-state index is -1.61. The van der Waals surface area contributed by atoms with Crippen LogP contribution in [0.4, 0.5) is 0 Å². The number of carbonyl (C=O) groups excluding carboxylic acids is 1. The molecule has 1 aliphatic rings. The Labute approximate surface area is 129 Å². The highest BCUT2D eigenvalue weighted by atomic mass is 16.6. The molecule has 2 aromatic rings. The molecular formula is C19H18O3. The average molecular weight is 294 g/mol. The molecule has 1 aliphatic heterocycles. The van der Waals surface area contributed by atoms with Gasteiger partial charge in [0.05, 0.1) is 5.57 Å². The van der Waals surface area contributed by atoms with Crippen LogP contribution in [0.1, 0.15) is 25.0 Å². The second-order valence-electron chi connectivity index (χ2n) is 5.67. The molecule has 3 nitrogen and oxygen atoms in total. The Bertz CT molecular complexity index is 675. The maximum absolute atomic E-state index is 11.9. The molecule has 1 atom stereocenters. The lowest BCUT2D eigenvalue weighted by Gasteiger charge is -2.32. The SMILES string of the molecule is CC(=O)C1=CC(c2ccccc2)(c2ccccc2)OC1(C)O. The van der Waals surface area contributed by atoms with Crippen LogP contribution in [-0.4, -0.2) is 16.7 Å². The normalized spacial score (nSPS) is 23.1. The number of ether oxygens (including phenoxy) is 1. The zero-order valence-corrected chi connectivity index (χ0v) is 12.6. The maximum atomic E-state index is 11.9. The third-order valence-electron chi connectivity index (χ3n) is 3.99. The fraction of sp³-hybridized carbons (Fsp3) is 0.211. The van der Waals surface area contributed by atoms with Crippen molar-refractivity contribution in [2.45, 2.75) is 25.2 Å². The van der Waals surface area contributed by atoms with E-state index in [-0.39, 0.29) is 11.4 Å². The van der Waals surface area contributed by atoms with Gasteiger partial charge in [-0.2, -0.15) is 0 Å². The molecule has 1 heterocycles. The van der Waals surface area contributed by atoms with Gasteiger partial charge in [-0.05, 0) is 31.1 Å². The summed E-state index contributed by atoms with van der Waals surface area (Å²) in [6.45, 7) is 2.95. The smallest absolute Gasteiger partial charge is 0.194 e. The Morgan fingerprint density at radius 1 is 0.955 bits per heavy atom. The fourth-order valence-electron chi connectivity index (χ4n) is 2.99. The first kappa shape index (κ1) is 14.7. The van der Waals surface area contributed by atoms with Crippen LogP contribution in [0.3, 0.4) is 0 Å². The van der Waals surface area contributed by atoms with Gasteiger partial charge in [-0.1, -0.05) is 60.7 Å². The van der Waals surface area contributed by atoms with Gasteiger partial charge in [0, 0.05) is 0 Å². The number of hydrogen-bond acceptors (Lipinski definition) is 3. The summed E-state index contributed by atoms with van der Waals surface area (Å²) in [7, 11) is 0. The summed E-state index contributed by atoms with van der Waals surface area (Å²) < 4.78 is 6.02. The highest BCUT2D eigenvalue weighted by molar-refractivity contribution is 5.95. The Hall–Kier alpha value is -2.23. The van der Waals surface area contributed by atoms with Gasteiger partial charge in [0.25, 0.3) is 0 Å². The molecule has 0 saturated carbocycles. The Morgan fingerprint density at radius 2 is 1.41 bits per heavy atom. The molecule has 112 valence electrons. The predicted octanol–water partition coefficient (Wildman–Crippen LogP) is 3.18. The maximum Gasteiger partial charge on any atom is 0.194 e. The lowest BCUT2D eigenvalue weighted by atomic mass is 9.85. The second-order valence-corrected chi connectivity index (χ2v) is 5.67. The van der Waals surface area contributed by atoms with Crippen molar-refractivity contribution in [1.29, 1.82) is 0 Å². The number of hydrogen-bond donors (Lipinski definition) is 1. The van der Waals surface area contributed by atoms with Crippen molar-refractivity contribution in [3.63, 3.8) is 0 Å². The molecule has 0 saturated heterocycles. The molecule has 0 amide bonds. The van der Waals surface area contributed by atoms with Gasteiger partial charge in [-0.3, -0.25) is 4.79 Å². The number of ketones is 1. The van der Waals surface area contributed by atoms with Crippen LogP contribution in [0.5, 0.6) is 0 Å². The molecule has 1 unspecified atom stereocenters. The van der Waals surface area contributed by atoms with Crippen molar-refractivity contribution in [3.05, 3.63) is 83.4 Å². The average Bonchev–Trinajstić information content (AvgIpc) is 2.82. The van der Waals surface area contributed by atoms with E-state index >= 15 is 0 Å². The van der Waals surface area contributed by atoms with Gasteiger partial charge in [0.15, 0.2) is 11.6 Å². The van der Waals surface area contributed by atoms with Crippen LogP contribution in [0.25, 0.3) is 0 Å². The van der Waals surface area contributed by atoms with Crippen LogP contribution < -0.4 is 0 Å². The predicted molar refractivity (Wildman–Crippen MR) is 84.1 cm³/mol. The summed E-state index contributed by atoms with van der Waals surface area (Å²) in [5.74, 6) is -1.81. The molecule has 0 aromatic heterocycles. The minimum Gasteiger partial charge on any atom is -0.362 e. The van der Waals surface area contributed by atoms with E-state index in [1.807, 2.05) is 60.7 Å². The highest BCUT2D eigenvalue weighted by Gasteiger charge is 2.49. The molecule has 0 radical (unpaired) electrons. The van der Waals surface area contributed by atoms with E-state index in [0.717, 1.165) is 11.1 Å². The summed E-state index contributed by atoms with van der Waals surface area (Å²) in [6, 6.07) is 19.2. The van der Waals surface area contributed by atoms with Gasteiger partial charge in [-0.15, -0.1) is 0 Å². The third-order valence-corrected chi connectivity index (χ3v) is 3.99. The molecular weight excluding hydrogens is 276 g/mol. The molecule has 0 bridgehead atoms.